The molecule has 1 heterocycles. The molecule has 0 radical (unpaired) electrons. The Morgan fingerprint density at radius 2 is 1.76 bits per heavy atom. The molecule has 3 heteroatoms. The van der Waals surface area contributed by atoms with Gasteiger partial charge in [-0.2, -0.15) is 0 Å². The minimum Gasteiger partial charge on any atom is -0.508 e. The number of phenolic OH excluding ortho intramolecular Hbond substituents is 1. The van der Waals surface area contributed by atoms with Crippen molar-refractivity contribution in [3.05, 3.63) is 42.0 Å². The average molecular weight is 284 g/mol. The summed E-state index contributed by atoms with van der Waals surface area (Å²) in [6.07, 6.45) is 2.05. The monoisotopic (exact) mass is 284 g/mol. The highest BCUT2D eigenvalue weighted by Crippen LogP contribution is 2.28. The maximum Gasteiger partial charge on any atom is 0.119 e. The van der Waals surface area contributed by atoms with Crippen LogP contribution in [0.4, 0.5) is 0 Å². The third kappa shape index (κ3) is 3.36. The van der Waals surface area contributed by atoms with Crippen LogP contribution in [0.5, 0.6) is 5.75 Å². The highest BCUT2D eigenvalue weighted by molar-refractivity contribution is 5.87. The molecule has 1 aliphatic rings. The Balaban J connectivity index is 1.64. The summed E-state index contributed by atoms with van der Waals surface area (Å²) in [4.78, 5) is 4.91. The highest BCUT2D eigenvalue weighted by Gasteiger charge is 2.13. The van der Waals surface area contributed by atoms with Crippen LogP contribution < -0.4 is 0 Å². The van der Waals surface area contributed by atoms with Crippen LogP contribution in [0.1, 0.15) is 12.0 Å². The molecule has 3 nitrogen and oxygen atoms in total. The minimum atomic E-state index is 0.437. The van der Waals surface area contributed by atoms with E-state index in [2.05, 4.69) is 29.0 Å². The van der Waals surface area contributed by atoms with Crippen molar-refractivity contribution in [3.8, 4) is 5.75 Å². The lowest BCUT2D eigenvalue weighted by molar-refractivity contribution is 0.153. The first-order valence-electron chi connectivity index (χ1n) is 7.84. The molecule has 3 rings (SSSR count). The van der Waals surface area contributed by atoms with E-state index in [1.165, 1.54) is 23.9 Å². The maximum absolute atomic E-state index is 10.2. The van der Waals surface area contributed by atoms with Gasteiger partial charge in [0.1, 0.15) is 5.75 Å². The van der Waals surface area contributed by atoms with Gasteiger partial charge in [-0.3, -0.25) is 0 Å². The van der Waals surface area contributed by atoms with Crippen molar-refractivity contribution in [2.75, 3.05) is 39.8 Å². The van der Waals surface area contributed by atoms with Gasteiger partial charge >= 0.3 is 0 Å². The first-order valence-corrected chi connectivity index (χ1v) is 7.84. The Kier molecular flexibility index (Phi) is 4.42. The second kappa shape index (κ2) is 6.46. The zero-order chi connectivity index (χ0) is 14.7. The minimum absolute atomic E-state index is 0.437. The van der Waals surface area contributed by atoms with Crippen molar-refractivity contribution in [2.45, 2.75) is 12.8 Å². The van der Waals surface area contributed by atoms with Crippen molar-refractivity contribution in [2.24, 2.45) is 0 Å². The second-order valence-electron chi connectivity index (χ2n) is 6.03. The lowest BCUT2D eigenvalue weighted by Crippen LogP contribution is -2.44. The molecule has 1 fully saturated rings. The van der Waals surface area contributed by atoms with Gasteiger partial charge in [0.15, 0.2) is 0 Å². The van der Waals surface area contributed by atoms with Gasteiger partial charge in [-0.15, -0.1) is 0 Å². The normalized spacial score (nSPS) is 17.4. The largest absolute Gasteiger partial charge is 0.508 e. The molecule has 0 saturated carbocycles. The number of aryl methyl sites for hydroxylation is 1. The molecule has 2 aromatic carbocycles. The predicted molar refractivity (Wildman–Crippen MR) is 87.9 cm³/mol. The van der Waals surface area contributed by atoms with Crippen LogP contribution in [-0.2, 0) is 6.42 Å². The van der Waals surface area contributed by atoms with Gasteiger partial charge in [0.25, 0.3) is 0 Å². The van der Waals surface area contributed by atoms with Gasteiger partial charge in [0, 0.05) is 31.7 Å². The fourth-order valence-electron chi connectivity index (χ4n) is 3.14. The number of likely N-dealkylation sites (N-methyl/N-ethyl adjacent to an activating group) is 1. The molecule has 0 amide bonds. The number of piperazine rings is 1. The van der Waals surface area contributed by atoms with Gasteiger partial charge in [0.2, 0.25) is 0 Å². The summed E-state index contributed by atoms with van der Waals surface area (Å²) >= 11 is 0. The van der Waals surface area contributed by atoms with Crippen molar-refractivity contribution in [1.29, 1.82) is 0 Å². The summed E-state index contributed by atoms with van der Waals surface area (Å²) in [5.41, 5.74) is 1.10. The summed E-state index contributed by atoms with van der Waals surface area (Å²) in [7, 11) is 2.19. The van der Waals surface area contributed by atoms with Crippen molar-refractivity contribution < 1.29 is 5.11 Å². The molecule has 21 heavy (non-hydrogen) atoms. The van der Waals surface area contributed by atoms with E-state index in [0.29, 0.717) is 5.75 Å². The molecular formula is C18H24N2O. The molecule has 0 bridgehead atoms. The van der Waals surface area contributed by atoms with Gasteiger partial charge < -0.3 is 14.9 Å². The van der Waals surface area contributed by atoms with Crippen LogP contribution >= 0.6 is 0 Å². The number of hydrogen-bond acceptors (Lipinski definition) is 3. The smallest absolute Gasteiger partial charge is 0.119 e. The van der Waals surface area contributed by atoms with Gasteiger partial charge in [-0.1, -0.05) is 30.3 Å². The standard InChI is InChI=1S/C18H24N2O/c1-19-11-13-20(14-12-19)10-4-7-17-16-6-3-2-5-15(16)8-9-18(17)21/h2-3,5-6,8-9,21H,4,7,10-14H2,1H3. The molecule has 1 saturated heterocycles. The number of fused-ring (bicyclic) bond motifs is 1. The number of phenols is 1. The zero-order valence-corrected chi connectivity index (χ0v) is 12.8. The molecule has 0 aliphatic carbocycles. The van der Waals surface area contributed by atoms with Crippen molar-refractivity contribution >= 4 is 10.8 Å². The average Bonchev–Trinajstić information content (AvgIpc) is 2.51. The summed E-state index contributed by atoms with van der Waals surface area (Å²) in [5, 5.41) is 12.6. The molecule has 2 aromatic rings. The van der Waals surface area contributed by atoms with Crippen molar-refractivity contribution in [3.63, 3.8) is 0 Å². The molecule has 112 valence electrons. The van der Waals surface area contributed by atoms with Crippen LogP contribution in [0, 0.1) is 0 Å². The van der Waals surface area contributed by atoms with E-state index in [-0.39, 0.29) is 0 Å². The summed E-state index contributed by atoms with van der Waals surface area (Å²) < 4.78 is 0. The summed E-state index contributed by atoms with van der Waals surface area (Å²) in [6, 6.07) is 12.1. The fourth-order valence-corrected chi connectivity index (χ4v) is 3.14. The first-order chi connectivity index (χ1) is 10.2. The number of aromatic hydroxyl groups is 1. The van der Waals surface area contributed by atoms with Gasteiger partial charge in [-0.25, -0.2) is 0 Å². The summed E-state index contributed by atoms with van der Waals surface area (Å²) in [5.74, 6) is 0.437. The topological polar surface area (TPSA) is 26.7 Å². The van der Waals surface area contributed by atoms with E-state index >= 15 is 0 Å². The van der Waals surface area contributed by atoms with Gasteiger partial charge in [-0.05, 0) is 43.3 Å². The second-order valence-corrected chi connectivity index (χ2v) is 6.03. The molecule has 0 unspecified atom stereocenters. The maximum atomic E-state index is 10.2. The summed E-state index contributed by atoms with van der Waals surface area (Å²) in [6.45, 7) is 5.78. The number of benzene rings is 2. The van der Waals surface area contributed by atoms with Crippen LogP contribution in [0.15, 0.2) is 36.4 Å². The third-order valence-electron chi connectivity index (χ3n) is 4.51. The van der Waals surface area contributed by atoms with Crippen LogP contribution in [0.25, 0.3) is 10.8 Å². The van der Waals surface area contributed by atoms with E-state index < -0.39 is 0 Å². The molecule has 1 N–H and O–H groups in total. The van der Waals surface area contributed by atoms with E-state index in [4.69, 9.17) is 0 Å². The number of nitrogens with zero attached hydrogens (tertiary/aromatic N) is 2. The zero-order valence-electron chi connectivity index (χ0n) is 12.8. The van der Waals surface area contributed by atoms with Gasteiger partial charge in [0.05, 0.1) is 0 Å². The molecule has 0 atom stereocenters. The number of rotatable bonds is 4. The van der Waals surface area contributed by atoms with E-state index in [0.717, 1.165) is 38.0 Å². The Bertz CT molecular complexity index is 603. The van der Waals surface area contributed by atoms with Crippen LogP contribution in [-0.4, -0.2) is 54.7 Å². The Labute approximate surface area is 126 Å². The van der Waals surface area contributed by atoms with Crippen LogP contribution in [0.2, 0.25) is 0 Å². The Hall–Kier alpha value is -1.58. The molecular weight excluding hydrogens is 260 g/mol. The number of hydrogen-bond donors (Lipinski definition) is 1. The first kappa shape index (κ1) is 14.4. The van der Waals surface area contributed by atoms with Crippen molar-refractivity contribution in [1.82, 2.24) is 9.80 Å². The predicted octanol–water partition coefficient (Wildman–Crippen LogP) is 2.73. The SMILES string of the molecule is CN1CCN(CCCc2c(O)ccc3ccccc23)CC1. The Morgan fingerprint density at radius 1 is 1.00 bits per heavy atom. The molecule has 1 aliphatic heterocycles. The Morgan fingerprint density at radius 3 is 2.57 bits per heavy atom. The van der Waals surface area contributed by atoms with Crippen LogP contribution in [0.3, 0.4) is 0 Å². The lowest BCUT2D eigenvalue weighted by Gasteiger charge is -2.32. The lowest BCUT2D eigenvalue weighted by atomic mass is 9.99. The van der Waals surface area contributed by atoms with E-state index in [1.807, 2.05) is 24.3 Å². The molecule has 0 aromatic heterocycles. The van der Waals surface area contributed by atoms with E-state index in [9.17, 15) is 5.11 Å². The molecule has 0 spiro atoms. The quantitative estimate of drug-likeness (QED) is 0.935. The highest BCUT2D eigenvalue weighted by atomic mass is 16.3. The fraction of sp³-hybridized carbons (Fsp3) is 0.444. The third-order valence-corrected chi connectivity index (χ3v) is 4.51. The van der Waals surface area contributed by atoms with E-state index in [1.54, 1.807) is 0 Å².